The molecule has 17 heavy (non-hydrogen) atoms. The first kappa shape index (κ1) is 15.7. The van der Waals surface area contributed by atoms with Crippen LogP contribution in [0.1, 0.15) is 12.8 Å². The van der Waals surface area contributed by atoms with Gasteiger partial charge in [-0.25, -0.2) is 4.79 Å². The Morgan fingerprint density at radius 1 is 1.35 bits per heavy atom. The molecule has 0 spiro atoms. The van der Waals surface area contributed by atoms with Gasteiger partial charge in [-0.05, 0) is 12.7 Å². The van der Waals surface area contributed by atoms with Crippen molar-refractivity contribution in [3.8, 4) is 0 Å². The molecular formula is C8H18BN3O5. The minimum atomic E-state index is -1.43. The number of hydrogen-bond acceptors (Lipinski definition) is 5. The smallest absolute Gasteiger partial charge is 0.451 e. The second-order valence-corrected chi connectivity index (χ2v) is 3.78. The van der Waals surface area contributed by atoms with Crippen molar-refractivity contribution >= 4 is 19.1 Å². The van der Waals surface area contributed by atoms with Gasteiger partial charge in [-0.2, -0.15) is 0 Å². The molecule has 0 aromatic carbocycles. The molecule has 0 unspecified atom stereocenters. The van der Waals surface area contributed by atoms with Gasteiger partial charge in [0.05, 0.1) is 0 Å². The fraction of sp³-hybridized carbons (Fsp3) is 0.750. The van der Waals surface area contributed by atoms with Crippen LogP contribution in [-0.4, -0.2) is 46.9 Å². The van der Waals surface area contributed by atoms with E-state index in [0.29, 0.717) is 12.8 Å². The van der Waals surface area contributed by atoms with Crippen LogP contribution < -0.4 is 16.8 Å². The van der Waals surface area contributed by atoms with Crippen molar-refractivity contribution in [3.63, 3.8) is 0 Å². The van der Waals surface area contributed by atoms with Crippen LogP contribution in [0.5, 0.6) is 0 Å². The van der Waals surface area contributed by atoms with E-state index in [4.69, 9.17) is 26.6 Å². The summed E-state index contributed by atoms with van der Waals surface area (Å²) < 4.78 is 0. The van der Waals surface area contributed by atoms with E-state index in [1.54, 1.807) is 0 Å². The molecule has 0 fully saturated rings. The van der Waals surface area contributed by atoms with Gasteiger partial charge in [-0.3, -0.25) is 4.79 Å². The third-order valence-electron chi connectivity index (χ3n) is 2.37. The number of carboxylic acid groups (broad SMARTS) is 1. The lowest BCUT2D eigenvalue weighted by atomic mass is 9.81. The van der Waals surface area contributed by atoms with Gasteiger partial charge >= 0.3 is 19.1 Å². The highest BCUT2D eigenvalue weighted by Gasteiger charge is 2.24. The average molecular weight is 247 g/mol. The van der Waals surface area contributed by atoms with Gasteiger partial charge in [0.15, 0.2) is 0 Å². The van der Waals surface area contributed by atoms with Crippen LogP contribution in [0.3, 0.4) is 0 Å². The topological polar surface area (TPSA) is 159 Å². The monoisotopic (exact) mass is 247 g/mol. The van der Waals surface area contributed by atoms with Gasteiger partial charge in [-0.1, -0.05) is 6.42 Å². The third kappa shape index (κ3) is 7.56. The number of hydrogen-bond donors (Lipinski definition) is 6. The molecule has 0 aliphatic carbocycles. The van der Waals surface area contributed by atoms with Gasteiger partial charge in [-0.15, -0.1) is 0 Å². The lowest BCUT2D eigenvalue weighted by molar-refractivity contribution is -0.139. The second-order valence-electron chi connectivity index (χ2n) is 3.78. The zero-order valence-electron chi connectivity index (χ0n) is 9.37. The fourth-order valence-electron chi connectivity index (χ4n) is 1.40. The molecule has 98 valence electrons. The molecule has 0 bridgehead atoms. The molecule has 0 aliphatic rings. The van der Waals surface area contributed by atoms with Crippen molar-refractivity contribution in [2.75, 3.05) is 6.54 Å². The van der Waals surface area contributed by atoms with E-state index >= 15 is 0 Å². The van der Waals surface area contributed by atoms with E-state index in [1.807, 2.05) is 0 Å². The number of nitrogens with two attached hydrogens (primary N) is 2. The molecule has 0 saturated carbocycles. The summed E-state index contributed by atoms with van der Waals surface area (Å²) in [4.78, 5) is 21.2. The Labute approximate surface area is 99.1 Å². The molecule has 0 aromatic rings. The number of carboxylic acids is 1. The molecule has 2 amide bonds. The molecule has 2 atom stereocenters. The van der Waals surface area contributed by atoms with Crippen LogP contribution in [0.25, 0.3) is 0 Å². The maximum atomic E-state index is 10.7. The molecule has 0 aliphatic heterocycles. The van der Waals surface area contributed by atoms with E-state index in [9.17, 15) is 9.59 Å². The summed E-state index contributed by atoms with van der Waals surface area (Å²) in [6.45, 7) is 0.0460. The number of amides is 2. The molecule has 0 rings (SSSR count). The predicted molar refractivity (Wildman–Crippen MR) is 60.9 cm³/mol. The molecule has 8 nitrogen and oxygen atoms in total. The van der Waals surface area contributed by atoms with Gasteiger partial charge in [0.25, 0.3) is 0 Å². The zero-order valence-corrected chi connectivity index (χ0v) is 9.37. The first-order valence-electron chi connectivity index (χ1n) is 5.22. The second kappa shape index (κ2) is 7.88. The van der Waals surface area contributed by atoms with Crippen LogP contribution in [0.4, 0.5) is 4.79 Å². The first-order valence-corrected chi connectivity index (χ1v) is 5.22. The SMILES string of the molecule is NC(=O)NC[C@@H](CCCB(O)O)[C@H](N)C(=O)O. The van der Waals surface area contributed by atoms with Gasteiger partial charge < -0.3 is 31.9 Å². The normalized spacial score (nSPS) is 13.8. The fourth-order valence-corrected chi connectivity index (χ4v) is 1.40. The summed E-state index contributed by atoms with van der Waals surface area (Å²) in [5, 5.41) is 28.3. The number of aliphatic carboxylic acids is 1. The van der Waals surface area contributed by atoms with E-state index in [1.165, 1.54) is 0 Å². The Bertz CT molecular complexity index is 264. The molecule has 0 radical (unpaired) electrons. The summed E-state index contributed by atoms with van der Waals surface area (Å²) in [5.41, 5.74) is 10.3. The Hall–Kier alpha value is -1.32. The minimum Gasteiger partial charge on any atom is -0.480 e. The molecule has 8 N–H and O–H groups in total. The van der Waals surface area contributed by atoms with Crippen molar-refractivity contribution in [1.29, 1.82) is 0 Å². The van der Waals surface area contributed by atoms with E-state index in [-0.39, 0.29) is 12.9 Å². The summed E-state index contributed by atoms with van der Waals surface area (Å²) in [6.07, 6.45) is 0.870. The Morgan fingerprint density at radius 2 is 1.94 bits per heavy atom. The van der Waals surface area contributed by atoms with Crippen LogP contribution in [-0.2, 0) is 4.79 Å². The van der Waals surface area contributed by atoms with Gasteiger partial charge in [0.1, 0.15) is 6.04 Å². The van der Waals surface area contributed by atoms with Crippen molar-refractivity contribution in [1.82, 2.24) is 5.32 Å². The van der Waals surface area contributed by atoms with Crippen LogP contribution in [0, 0.1) is 5.92 Å². The highest BCUT2D eigenvalue weighted by atomic mass is 16.4. The number of carbonyl (C=O) groups is 2. The van der Waals surface area contributed by atoms with E-state index in [2.05, 4.69) is 5.32 Å². The number of nitrogens with one attached hydrogen (secondary N) is 1. The highest BCUT2D eigenvalue weighted by molar-refractivity contribution is 6.40. The summed E-state index contributed by atoms with van der Waals surface area (Å²) >= 11 is 0. The van der Waals surface area contributed by atoms with Crippen molar-refractivity contribution < 1.29 is 24.7 Å². The quantitative estimate of drug-likeness (QED) is 0.270. The zero-order chi connectivity index (χ0) is 13.4. The molecule has 9 heteroatoms. The number of urea groups is 1. The van der Waals surface area contributed by atoms with Crippen LogP contribution >= 0.6 is 0 Å². The molecular weight excluding hydrogens is 229 g/mol. The Balaban J connectivity index is 4.19. The number of rotatable bonds is 8. The lowest BCUT2D eigenvalue weighted by Gasteiger charge is -2.20. The van der Waals surface area contributed by atoms with Crippen molar-refractivity contribution in [2.45, 2.75) is 25.2 Å². The van der Waals surface area contributed by atoms with Gasteiger partial charge in [0.2, 0.25) is 0 Å². The molecule has 0 heterocycles. The Kier molecular flexibility index (Phi) is 7.27. The third-order valence-corrected chi connectivity index (χ3v) is 2.37. The summed E-state index contributed by atoms with van der Waals surface area (Å²) in [6, 6.07) is -1.88. The van der Waals surface area contributed by atoms with Crippen LogP contribution in [0.15, 0.2) is 0 Å². The van der Waals surface area contributed by atoms with E-state index in [0.717, 1.165) is 0 Å². The highest BCUT2D eigenvalue weighted by Crippen LogP contribution is 2.12. The maximum absolute atomic E-state index is 10.7. The summed E-state index contributed by atoms with van der Waals surface area (Å²) in [5.74, 6) is -1.68. The number of carbonyl (C=O) groups excluding carboxylic acids is 1. The average Bonchev–Trinajstić information content (AvgIpc) is 2.21. The molecule has 0 aromatic heterocycles. The standard InChI is InChI=1S/C8H18BN3O5/c10-6(7(13)14)5(4-12-8(11)15)2-1-3-9(16)17/h5-6,16-17H,1-4,10H2,(H,13,14)(H3,11,12,15)/t5-,6+/m1/s1. The Morgan fingerprint density at radius 3 is 2.35 bits per heavy atom. The first-order chi connectivity index (χ1) is 7.84. The van der Waals surface area contributed by atoms with Crippen molar-refractivity contribution in [3.05, 3.63) is 0 Å². The van der Waals surface area contributed by atoms with Crippen molar-refractivity contribution in [2.24, 2.45) is 17.4 Å². The largest absolute Gasteiger partial charge is 0.480 e. The lowest BCUT2D eigenvalue weighted by Crippen LogP contribution is -2.45. The van der Waals surface area contributed by atoms with Gasteiger partial charge in [0, 0.05) is 12.5 Å². The summed E-state index contributed by atoms with van der Waals surface area (Å²) in [7, 11) is -1.43. The predicted octanol–water partition coefficient (Wildman–Crippen LogP) is -2.06. The minimum absolute atomic E-state index is 0.0460. The van der Waals surface area contributed by atoms with E-state index < -0.39 is 31.1 Å². The van der Waals surface area contributed by atoms with Crippen LogP contribution in [0.2, 0.25) is 6.32 Å². The molecule has 0 saturated heterocycles. The number of primary amides is 1. The maximum Gasteiger partial charge on any atom is 0.451 e.